The number of halogens is 1. The van der Waals surface area contributed by atoms with E-state index in [0.717, 1.165) is 40.7 Å². The van der Waals surface area contributed by atoms with Crippen molar-refractivity contribution in [1.82, 2.24) is 4.90 Å². The van der Waals surface area contributed by atoms with E-state index in [0.29, 0.717) is 11.6 Å². The number of nitrogens with zero attached hydrogens (tertiary/aromatic N) is 2. The van der Waals surface area contributed by atoms with E-state index in [1.807, 2.05) is 41.3 Å². The van der Waals surface area contributed by atoms with Crippen LogP contribution >= 0.6 is 11.6 Å². The number of non-ortho nitro benzene ring substituents is 1. The molecule has 8 heteroatoms. The van der Waals surface area contributed by atoms with E-state index in [1.54, 1.807) is 12.1 Å². The number of nitro groups is 1. The number of fused-ring (bicyclic) bond motifs is 1. The second kappa shape index (κ2) is 9.74. The predicted octanol–water partition coefficient (Wildman–Crippen LogP) is 6.04. The Morgan fingerprint density at radius 2 is 1.74 bits per heavy atom. The van der Waals surface area contributed by atoms with Crippen LogP contribution in [-0.2, 0) is 22.4 Å². The van der Waals surface area contributed by atoms with E-state index < -0.39 is 16.9 Å². The fourth-order valence-electron chi connectivity index (χ4n) is 5.18. The molecule has 5 rings (SSSR count). The molecule has 2 unspecified atom stereocenters. The van der Waals surface area contributed by atoms with Crippen molar-refractivity contribution < 1.29 is 19.9 Å². The Morgan fingerprint density at radius 1 is 1.08 bits per heavy atom. The molecule has 1 aliphatic carbocycles. The van der Waals surface area contributed by atoms with Gasteiger partial charge in [-0.25, -0.2) is 4.90 Å². The van der Waals surface area contributed by atoms with Crippen molar-refractivity contribution in [3.63, 3.8) is 0 Å². The highest BCUT2D eigenvalue weighted by molar-refractivity contribution is 6.30. The van der Waals surface area contributed by atoms with Crippen molar-refractivity contribution >= 4 is 17.3 Å². The summed E-state index contributed by atoms with van der Waals surface area (Å²) >= 11 is 6.27. The molecular formula is C30H33ClN2O5. The molecule has 0 aromatic heterocycles. The number of aliphatic hydroxyl groups excluding tert-OH is 2. The van der Waals surface area contributed by atoms with Crippen LogP contribution < -0.4 is 0 Å². The molecule has 1 aliphatic heterocycles. The number of hydrogen-bond acceptors (Lipinski definition) is 6. The maximum absolute atomic E-state index is 11.8. The lowest BCUT2D eigenvalue weighted by Gasteiger charge is -2.42. The van der Waals surface area contributed by atoms with Gasteiger partial charge in [0, 0.05) is 45.8 Å². The number of aliphatic hydroxyl groups is 2. The lowest BCUT2D eigenvalue weighted by atomic mass is 9.83. The van der Waals surface area contributed by atoms with Gasteiger partial charge in [0.2, 0.25) is 0 Å². The average molecular weight is 537 g/mol. The quantitative estimate of drug-likeness (QED) is 0.269. The third-order valence-corrected chi connectivity index (χ3v) is 8.13. The average Bonchev–Trinajstić information content (AvgIpc) is 3.64. The minimum absolute atomic E-state index is 0.00709. The Labute approximate surface area is 227 Å². The number of hydrogen-bond donors (Lipinski definition) is 2. The van der Waals surface area contributed by atoms with Crippen LogP contribution in [0.3, 0.4) is 0 Å². The van der Waals surface area contributed by atoms with Crippen LogP contribution in [0.4, 0.5) is 5.69 Å². The summed E-state index contributed by atoms with van der Waals surface area (Å²) in [6, 6.07) is 19.9. The summed E-state index contributed by atoms with van der Waals surface area (Å²) in [7, 11) is 0. The zero-order chi connectivity index (χ0) is 27.3. The Kier molecular flexibility index (Phi) is 6.86. The molecule has 3 aromatic carbocycles. The normalized spacial score (nSPS) is 22.3. The summed E-state index contributed by atoms with van der Waals surface area (Å²) in [4.78, 5) is 12.7. The van der Waals surface area contributed by atoms with Crippen LogP contribution in [0.1, 0.15) is 67.7 Å². The predicted molar refractivity (Wildman–Crippen MR) is 146 cm³/mol. The topological polar surface area (TPSA) is 96.1 Å². The maximum atomic E-state index is 11.8. The highest BCUT2D eigenvalue weighted by Gasteiger charge is 2.55. The smallest absolute Gasteiger partial charge is 0.269 e. The van der Waals surface area contributed by atoms with Gasteiger partial charge in [0.1, 0.15) is 6.23 Å². The monoisotopic (exact) mass is 536 g/mol. The second-order valence-corrected chi connectivity index (χ2v) is 12.0. The fraction of sp³-hybridized carbons (Fsp3) is 0.400. The minimum Gasteiger partial charge on any atom is -0.396 e. The van der Waals surface area contributed by atoms with Crippen molar-refractivity contribution in [1.29, 1.82) is 0 Å². The first-order chi connectivity index (χ1) is 18.0. The van der Waals surface area contributed by atoms with Crippen molar-refractivity contribution in [3.8, 4) is 0 Å². The molecule has 3 aromatic rings. The van der Waals surface area contributed by atoms with Crippen molar-refractivity contribution in [2.75, 3.05) is 13.2 Å². The maximum Gasteiger partial charge on any atom is 0.269 e. The number of rotatable bonds is 8. The largest absolute Gasteiger partial charge is 0.396 e. The Bertz CT molecular complexity index is 1330. The van der Waals surface area contributed by atoms with E-state index in [9.17, 15) is 20.3 Å². The molecule has 1 saturated carbocycles. The molecule has 0 bridgehead atoms. The van der Waals surface area contributed by atoms with E-state index in [4.69, 9.17) is 16.3 Å². The van der Waals surface area contributed by atoms with Crippen molar-refractivity contribution in [2.24, 2.45) is 5.41 Å². The fourth-order valence-corrected chi connectivity index (χ4v) is 5.30. The van der Waals surface area contributed by atoms with Crippen LogP contribution in [0.2, 0.25) is 5.02 Å². The molecule has 2 N–H and O–H groups in total. The van der Waals surface area contributed by atoms with Gasteiger partial charge < -0.3 is 14.9 Å². The van der Waals surface area contributed by atoms with Gasteiger partial charge >= 0.3 is 0 Å². The van der Waals surface area contributed by atoms with Crippen LogP contribution in [0.15, 0.2) is 66.7 Å². The van der Waals surface area contributed by atoms with Gasteiger partial charge in [-0.2, -0.15) is 0 Å². The number of ether oxygens (including phenoxy) is 1. The zero-order valence-electron chi connectivity index (χ0n) is 21.9. The summed E-state index contributed by atoms with van der Waals surface area (Å²) < 4.78 is 6.90. The molecule has 2 atom stereocenters. The van der Waals surface area contributed by atoms with Gasteiger partial charge in [-0.3, -0.25) is 10.1 Å². The molecule has 2 aliphatic rings. The van der Waals surface area contributed by atoms with E-state index in [2.05, 4.69) is 26.8 Å². The molecule has 38 heavy (non-hydrogen) atoms. The van der Waals surface area contributed by atoms with E-state index >= 15 is 0 Å². The van der Waals surface area contributed by atoms with Crippen LogP contribution in [0.5, 0.6) is 0 Å². The Hall–Kier alpha value is -2.81. The molecular weight excluding hydrogens is 504 g/mol. The third kappa shape index (κ3) is 4.74. The molecule has 7 nitrogen and oxygen atoms in total. The third-order valence-electron chi connectivity index (χ3n) is 7.88. The summed E-state index contributed by atoms with van der Waals surface area (Å²) in [6.45, 7) is 7.05. The molecule has 0 amide bonds. The van der Waals surface area contributed by atoms with E-state index in [-0.39, 0.29) is 29.7 Å². The van der Waals surface area contributed by atoms with Gasteiger partial charge in [0.05, 0.1) is 18.1 Å². The molecule has 1 heterocycles. The molecule has 0 spiro atoms. The van der Waals surface area contributed by atoms with Crippen LogP contribution in [0.25, 0.3) is 0 Å². The second-order valence-electron chi connectivity index (χ2n) is 11.6. The first kappa shape index (κ1) is 26.8. The summed E-state index contributed by atoms with van der Waals surface area (Å²) in [6.07, 6.45) is 0.758. The standard InChI is InChI=1S/C30H33ClN2O5/c1-28(2,3)22-8-13-25-26(16-22)30(21-6-9-23(31)10-7-21,38-19-29(18-34)14-15-29)32(27(25)35)17-20-4-11-24(12-5-20)33(36)37/h4-13,16,27,34-35H,14-15,17-19H2,1-3H3. The Balaban J connectivity index is 1.68. The SMILES string of the molecule is CC(C)(C)c1ccc2c(c1)C(OCC1(CO)CC1)(c1ccc(Cl)cc1)N(Cc1ccc([N+](=O)[O-])cc1)C2O. The molecule has 0 radical (unpaired) electrons. The van der Waals surface area contributed by atoms with Crippen molar-refractivity contribution in [3.05, 3.63) is 110 Å². The molecule has 0 saturated heterocycles. The molecule has 1 fully saturated rings. The summed E-state index contributed by atoms with van der Waals surface area (Å²) in [5, 5.41) is 33.6. The van der Waals surface area contributed by atoms with Gasteiger partial charge in [0.15, 0.2) is 5.72 Å². The summed E-state index contributed by atoms with van der Waals surface area (Å²) in [5.41, 5.74) is 2.68. The van der Waals surface area contributed by atoms with Crippen LogP contribution in [-0.4, -0.2) is 33.3 Å². The number of benzene rings is 3. The number of nitro benzene ring substituents is 1. The Morgan fingerprint density at radius 3 is 2.29 bits per heavy atom. The van der Waals surface area contributed by atoms with Crippen LogP contribution in [0, 0.1) is 15.5 Å². The van der Waals surface area contributed by atoms with Gasteiger partial charge in [-0.05, 0) is 41.5 Å². The minimum atomic E-state index is -1.17. The first-order valence-corrected chi connectivity index (χ1v) is 13.2. The lowest BCUT2D eigenvalue weighted by molar-refractivity contribution is -0.384. The van der Waals surface area contributed by atoms with E-state index in [1.165, 1.54) is 12.1 Å². The molecule has 200 valence electrons. The van der Waals surface area contributed by atoms with Gasteiger partial charge in [0.25, 0.3) is 5.69 Å². The van der Waals surface area contributed by atoms with Crippen molar-refractivity contribution in [2.45, 2.75) is 57.5 Å². The highest BCUT2D eigenvalue weighted by atomic mass is 35.5. The highest BCUT2D eigenvalue weighted by Crippen LogP contribution is 2.54. The summed E-state index contributed by atoms with van der Waals surface area (Å²) in [5.74, 6) is 0. The first-order valence-electron chi connectivity index (χ1n) is 12.8. The van der Waals surface area contributed by atoms with Gasteiger partial charge in [-0.1, -0.05) is 74.8 Å². The zero-order valence-corrected chi connectivity index (χ0v) is 22.6. The van der Waals surface area contributed by atoms with Gasteiger partial charge in [-0.15, -0.1) is 0 Å². The lowest BCUT2D eigenvalue weighted by Crippen LogP contribution is -2.46.